The van der Waals surface area contributed by atoms with Gasteiger partial charge in [-0.15, -0.1) is 0 Å². The number of benzene rings is 1. The number of nitrogens with zero attached hydrogens (tertiary/aromatic N) is 1. The van der Waals surface area contributed by atoms with Crippen molar-refractivity contribution in [3.05, 3.63) is 60.3 Å². The molecule has 0 spiro atoms. The van der Waals surface area contributed by atoms with Crippen LogP contribution < -0.4 is 4.72 Å². The van der Waals surface area contributed by atoms with Crippen molar-refractivity contribution >= 4 is 22.0 Å². The first-order chi connectivity index (χ1) is 13.0. The van der Waals surface area contributed by atoms with Gasteiger partial charge in [-0.1, -0.05) is 12.1 Å². The molecule has 1 amide bonds. The second-order valence-electron chi connectivity index (χ2n) is 6.40. The van der Waals surface area contributed by atoms with E-state index in [0.29, 0.717) is 31.7 Å². The Balaban J connectivity index is 1.48. The van der Waals surface area contributed by atoms with Crippen molar-refractivity contribution in [1.29, 1.82) is 0 Å². The van der Waals surface area contributed by atoms with Gasteiger partial charge in [0.1, 0.15) is 16.5 Å². The molecule has 1 N–H and O–H groups in total. The lowest BCUT2D eigenvalue weighted by Crippen LogP contribution is -2.41. The van der Waals surface area contributed by atoms with Crippen LogP contribution in [0.5, 0.6) is 0 Å². The van der Waals surface area contributed by atoms with Crippen LogP contribution >= 0.6 is 0 Å². The second kappa shape index (κ2) is 8.49. The van der Waals surface area contributed by atoms with Crippen LogP contribution in [0.1, 0.15) is 18.6 Å². The molecule has 0 bridgehead atoms. The minimum atomic E-state index is -3.88. The summed E-state index contributed by atoms with van der Waals surface area (Å²) in [6, 6.07) is 8.80. The van der Waals surface area contributed by atoms with E-state index < -0.39 is 15.8 Å². The van der Waals surface area contributed by atoms with Crippen LogP contribution in [0.25, 0.3) is 6.08 Å². The summed E-state index contributed by atoms with van der Waals surface area (Å²) < 4.78 is 45.8. The minimum absolute atomic E-state index is 0.100. The lowest BCUT2D eigenvalue weighted by molar-refractivity contribution is -0.127. The van der Waals surface area contributed by atoms with Gasteiger partial charge in [0, 0.05) is 25.7 Å². The summed E-state index contributed by atoms with van der Waals surface area (Å²) in [5.41, 5.74) is 0. The smallest absolute Gasteiger partial charge is 0.246 e. The van der Waals surface area contributed by atoms with Gasteiger partial charge in [-0.05, 0) is 49.1 Å². The van der Waals surface area contributed by atoms with E-state index in [1.807, 2.05) is 0 Å². The molecular formula is C19H21FN2O4S. The molecule has 1 fully saturated rings. The van der Waals surface area contributed by atoms with Crippen LogP contribution in [-0.4, -0.2) is 38.9 Å². The van der Waals surface area contributed by atoms with Crippen LogP contribution in [0, 0.1) is 11.7 Å². The Morgan fingerprint density at radius 2 is 1.96 bits per heavy atom. The zero-order valence-electron chi connectivity index (χ0n) is 14.7. The van der Waals surface area contributed by atoms with Crippen molar-refractivity contribution in [2.75, 3.05) is 19.6 Å². The molecule has 6 nitrogen and oxygen atoms in total. The van der Waals surface area contributed by atoms with Gasteiger partial charge in [0.15, 0.2) is 0 Å². The molecule has 0 atom stereocenters. The summed E-state index contributed by atoms with van der Waals surface area (Å²) in [6.45, 7) is 1.32. The third kappa shape index (κ3) is 5.05. The van der Waals surface area contributed by atoms with Crippen molar-refractivity contribution in [2.24, 2.45) is 5.92 Å². The van der Waals surface area contributed by atoms with Crippen molar-refractivity contribution in [3.63, 3.8) is 0 Å². The van der Waals surface area contributed by atoms with E-state index in [4.69, 9.17) is 4.42 Å². The first kappa shape index (κ1) is 19.3. The predicted molar refractivity (Wildman–Crippen MR) is 98.6 cm³/mol. The molecule has 0 saturated carbocycles. The number of piperidine rings is 1. The highest BCUT2D eigenvalue weighted by atomic mass is 32.2. The number of carbonyl (C=O) groups is 1. The van der Waals surface area contributed by atoms with E-state index in [-0.39, 0.29) is 23.3 Å². The highest BCUT2D eigenvalue weighted by molar-refractivity contribution is 7.89. The average Bonchev–Trinajstić information content (AvgIpc) is 3.19. The Morgan fingerprint density at radius 1 is 1.22 bits per heavy atom. The molecule has 0 aliphatic carbocycles. The maximum absolute atomic E-state index is 13.7. The van der Waals surface area contributed by atoms with E-state index in [0.717, 1.165) is 6.07 Å². The van der Waals surface area contributed by atoms with Crippen molar-refractivity contribution in [3.8, 4) is 0 Å². The van der Waals surface area contributed by atoms with E-state index in [1.165, 1.54) is 30.5 Å². The van der Waals surface area contributed by atoms with Crippen LogP contribution in [0.15, 0.2) is 58.1 Å². The summed E-state index contributed by atoms with van der Waals surface area (Å²) in [4.78, 5) is 13.6. The van der Waals surface area contributed by atoms with Crippen LogP contribution in [-0.2, 0) is 14.8 Å². The molecule has 1 aliphatic heterocycles. The van der Waals surface area contributed by atoms with Gasteiger partial charge in [-0.2, -0.15) is 0 Å². The Morgan fingerprint density at radius 3 is 2.63 bits per heavy atom. The van der Waals surface area contributed by atoms with E-state index >= 15 is 0 Å². The third-order valence-corrected chi connectivity index (χ3v) is 6.00. The van der Waals surface area contributed by atoms with E-state index in [1.54, 1.807) is 23.1 Å². The molecular weight excluding hydrogens is 371 g/mol. The van der Waals surface area contributed by atoms with E-state index in [2.05, 4.69) is 4.72 Å². The third-order valence-electron chi connectivity index (χ3n) is 4.55. The lowest BCUT2D eigenvalue weighted by Gasteiger charge is -2.31. The quantitative estimate of drug-likeness (QED) is 0.767. The topological polar surface area (TPSA) is 79.6 Å². The fraction of sp³-hybridized carbons (Fsp3) is 0.316. The molecule has 144 valence electrons. The molecule has 27 heavy (non-hydrogen) atoms. The molecule has 1 aliphatic rings. The van der Waals surface area contributed by atoms with Gasteiger partial charge >= 0.3 is 0 Å². The Hall–Kier alpha value is -2.45. The van der Waals surface area contributed by atoms with Gasteiger partial charge in [0.05, 0.1) is 6.26 Å². The van der Waals surface area contributed by atoms with Crippen LogP contribution in [0.2, 0.25) is 0 Å². The second-order valence-corrected chi connectivity index (χ2v) is 8.14. The van der Waals surface area contributed by atoms with Crippen molar-refractivity contribution < 1.29 is 22.0 Å². The fourth-order valence-electron chi connectivity index (χ4n) is 2.97. The normalized spacial score (nSPS) is 16.1. The number of likely N-dealkylation sites (tertiary alicyclic amines) is 1. The molecule has 2 heterocycles. The SMILES string of the molecule is O=C(C=Cc1ccco1)N1CCC(CNS(=O)(=O)c2ccccc2F)CC1. The Kier molecular flexibility index (Phi) is 6.08. The number of hydrogen-bond donors (Lipinski definition) is 1. The number of carbonyl (C=O) groups excluding carboxylic acids is 1. The van der Waals surface area contributed by atoms with Gasteiger partial charge in [-0.25, -0.2) is 17.5 Å². The Labute approximate surface area is 157 Å². The van der Waals surface area contributed by atoms with Gasteiger partial charge in [0.25, 0.3) is 0 Å². The van der Waals surface area contributed by atoms with E-state index in [9.17, 15) is 17.6 Å². The predicted octanol–water partition coefficient (Wildman–Crippen LogP) is 2.65. The standard InChI is InChI=1S/C19H21FN2O4S/c20-17-5-1-2-6-18(17)27(24,25)21-14-15-9-11-22(12-10-15)19(23)8-7-16-4-3-13-26-16/h1-8,13,15,21H,9-12,14H2. The Bertz CT molecular complexity index is 902. The van der Waals surface area contributed by atoms with Crippen molar-refractivity contribution in [2.45, 2.75) is 17.7 Å². The average molecular weight is 392 g/mol. The highest BCUT2D eigenvalue weighted by Gasteiger charge is 2.24. The molecule has 0 unspecified atom stereocenters. The van der Waals surface area contributed by atoms with Gasteiger partial charge in [-0.3, -0.25) is 4.79 Å². The van der Waals surface area contributed by atoms with Crippen LogP contribution in [0.4, 0.5) is 4.39 Å². The molecule has 1 aromatic heterocycles. The number of furan rings is 1. The largest absolute Gasteiger partial charge is 0.465 e. The number of rotatable bonds is 6. The van der Waals surface area contributed by atoms with Gasteiger partial charge in [0.2, 0.25) is 15.9 Å². The molecule has 1 aromatic carbocycles. The summed E-state index contributed by atoms with van der Waals surface area (Å²) in [7, 11) is -3.88. The molecule has 0 radical (unpaired) electrons. The first-order valence-electron chi connectivity index (χ1n) is 8.70. The summed E-state index contributed by atoms with van der Waals surface area (Å²) in [5.74, 6) is -0.156. The van der Waals surface area contributed by atoms with Crippen LogP contribution in [0.3, 0.4) is 0 Å². The number of hydrogen-bond acceptors (Lipinski definition) is 4. The maximum Gasteiger partial charge on any atom is 0.246 e. The number of amides is 1. The first-order valence-corrected chi connectivity index (χ1v) is 10.2. The highest BCUT2D eigenvalue weighted by Crippen LogP contribution is 2.19. The number of halogens is 1. The zero-order chi connectivity index (χ0) is 19.3. The monoisotopic (exact) mass is 392 g/mol. The number of sulfonamides is 1. The number of nitrogens with one attached hydrogen (secondary N) is 1. The van der Waals surface area contributed by atoms with Crippen molar-refractivity contribution in [1.82, 2.24) is 9.62 Å². The molecule has 2 aromatic rings. The summed E-state index contributed by atoms with van der Waals surface area (Å²) in [6.07, 6.45) is 6.00. The maximum atomic E-state index is 13.7. The summed E-state index contributed by atoms with van der Waals surface area (Å²) in [5, 5.41) is 0. The molecule has 3 rings (SSSR count). The minimum Gasteiger partial charge on any atom is -0.465 e. The molecule has 8 heteroatoms. The fourth-order valence-corrected chi connectivity index (χ4v) is 4.16. The summed E-state index contributed by atoms with van der Waals surface area (Å²) >= 11 is 0. The zero-order valence-corrected chi connectivity index (χ0v) is 15.5. The lowest BCUT2D eigenvalue weighted by atomic mass is 9.97. The van der Waals surface area contributed by atoms with Gasteiger partial charge < -0.3 is 9.32 Å². The molecule has 1 saturated heterocycles.